The van der Waals surface area contributed by atoms with Crippen molar-refractivity contribution < 1.29 is 4.39 Å². The van der Waals surface area contributed by atoms with E-state index in [9.17, 15) is 4.39 Å². The Labute approximate surface area is 175 Å². The zero-order chi connectivity index (χ0) is 17.1. The molecule has 3 rings (SSSR count). The summed E-state index contributed by atoms with van der Waals surface area (Å²) in [6.45, 7) is 3.59. The lowest BCUT2D eigenvalue weighted by Crippen LogP contribution is -2.43. The molecule has 2 aliphatic rings. The second-order valence-corrected chi connectivity index (χ2v) is 8.08. The van der Waals surface area contributed by atoms with E-state index in [1.54, 1.807) is 12.1 Å². The third-order valence-corrected chi connectivity index (χ3v) is 6.13. The predicted molar refractivity (Wildman–Crippen MR) is 116 cm³/mol. The number of hydrogen-bond acceptors (Lipinski definition) is 3. The van der Waals surface area contributed by atoms with Gasteiger partial charge in [-0.25, -0.2) is 4.39 Å². The van der Waals surface area contributed by atoms with Gasteiger partial charge in [-0.1, -0.05) is 17.7 Å². The number of halogens is 3. The van der Waals surface area contributed by atoms with Crippen molar-refractivity contribution in [2.75, 3.05) is 44.7 Å². The van der Waals surface area contributed by atoms with Crippen LogP contribution in [0, 0.1) is 11.7 Å². The first-order valence-electron chi connectivity index (χ1n) is 8.34. The van der Waals surface area contributed by atoms with Crippen molar-refractivity contribution in [2.45, 2.75) is 12.5 Å². The molecule has 1 aromatic rings. The van der Waals surface area contributed by atoms with E-state index in [0.29, 0.717) is 18.4 Å². The molecule has 0 bridgehead atoms. The highest BCUT2D eigenvalue weighted by Gasteiger charge is 2.33. The SMILES string of the molecule is CN1CCC(CN=C(N)N2CCSCC2)C1c1ccc(Cl)c(F)c1.I. The molecule has 2 N–H and O–H groups in total. The van der Waals surface area contributed by atoms with E-state index in [2.05, 4.69) is 21.8 Å². The number of aliphatic imine (C=N–C) groups is 1. The maximum Gasteiger partial charge on any atom is 0.191 e. The number of guanidine groups is 1. The summed E-state index contributed by atoms with van der Waals surface area (Å²) in [5.41, 5.74) is 7.13. The number of hydrogen-bond donors (Lipinski definition) is 1. The molecule has 0 saturated carbocycles. The van der Waals surface area contributed by atoms with E-state index in [1.165, 1.54) is 0 Å². The molecule has 2 saturated heterocycles. The van der Waals surface area contributed by atoms with Gasteiger partial charge in [0.05, 0.1) is 5.02 Å². The molecule has 2 heterocycles. The van der Waals surface area contributed by atoms with Crippen LogP contribution in [0.1, 0.15) is 18.0 Å². The number of likely N-dealkylation sites (tertiary alicyclic amines) is 1. The van der Waals surface area contributed by atoms with E-state index >= 15 is 0 Å². The van der Waals surface area contributed by atoms with Crippen molar-refractivity contribution in [1.29, 1.82) is 0 Å². The minimum absolute atomic E-state index is 0. The van der Waals surface area contributed by atoms with E-state index in [-0.39, 0.29) is 40.9 Å². The lowest BCUT2D eigenvalue weighted by atomic mass is 9.94. The Morgan fingerprint density at radius 3 is 2.76 bits per heavy atom. The van der Waals surface area contributed by atoms with Crippen LogP contribution in [0.15, 0.2) is 23.2 Å². The van der Waals surface area contributed by atoms with Crippen LogP contribution in [0.3, 0.4) is 0 Å². The summed E-state index contributed by atoms with van der Waals surface area (Å²) >= 11 is 7.77. The van der Waals surface area contributed by atoms with Crippen molar-refractivity contribution >= 4 is 53.3 Å². The minimum atomic E-state index is -0.359. The molecule has 2 unspecified atom stereocenters. The van der Waals surface area contributed by atoms with Crippen molar-refractivity contribution in [3.05, 3.63) is 34.6 Å². The monoisotopic (exact) mass is 498 g/mol. The normalized spacial score (nSPS) is 25.1. The van der Waals surface area contributed by atoms with Crippen LogP contribution in [-0.4, -0.2) is 60.5 Å². The number of nitrogens with zero attached hydrogens (tertiary/aromatic N) is 3. The van der Waals surface area contributed by atoms with Gasteiger partial charge in [0, 0.05) is 37.2 Å². The van der Waals surface area contributed by atoms with Gasteiger partial charge >= 0.3 is 0 Å². The lowest BCUT2D eigenvalue weighted by molar-refractivity contribution is 0.278. The molecule has 140 valence electrons. The fourth-order valence-corrected chi connectivity index (χ4v) is 4.56. The Hall–Kier alpha value is -0.250. The van der Waals surface area contributed by atoms with Crippen molar-refractivity contribution in [2.24, 2.45) is 16.6 Å². The first-order valence-corrected chi connectivity index (χ1v) is 9.87. The van der Waals surface area contributed by atoms with Crippen LogP contribution < -0.4 is 5.73 Å². The average molecular weight is 499 g/mol. The Morgan fingerprint density at radius 1 is 1.36 bits per heavy atom. The Morgan fingerprint density at radius 2 is 2.08 bits per heavy atom. The van der Waals surface area contributed by atoms with Crippen LogP contribution in [-0.2, 0) is 0 Å². The van der Waals surface area contributed by atoms with Gasteiger partial charge in [0.2, 0.25) is 0 Å². The summed E-state index contributed by atoms with van der Waals surface area (Å²) in [6, 6.07) is 5.26. The van der Waals surface area contributed by atoms with Gasteiger partial charge in [0.15, 0.2) is 5.96 Å². The second-order valence-electron chi connectivity index (χ2n) is 6.45. The van der Waals surface area contributed by atoms with Gasteiger partial charge in [-0.2, -0.15) is 11.8 Å². The minimum Gasteiger partial charge on any atom is -0.370 e. The standard InChI is InChI=1S/C17H24ClFN4S.HI/c1-22-5-4-13(11-21-17(20)23-6-8-24-9-7-23)16(22)12-2-3-14(18)15(19)10-12;/h2-3,10,13,16H,4-9,11H2,1H3,(H2,20,21);1H. The lowest BCUT2D eigenvalue weighted by Gasteiger charge is -2.28. The van der Waals surface area contributed by atoms with Gasteiger partial charge < -0.3 is 10.6 Å². The number of benzene rings is 1. The van der Waals surface area contributed by atoms with Crippen LogP contribution in [0.5, 0.6) is 0 Å². The smallest absolute Gasteiger partial charge is 0.191 e. The highest BCUT2D eigenvalue weighted by Crippen LogP contribution is 2.37. The summed E-state index contributed by atoms with van der Waals surface area (Å²) < 4.78 is 13.8. The molecular weight excluding hydrogens is 474 g/mol. The second kappa shape index (κ2) is 9.62. The number of rotatable bonds is 3. The van der Waals surface area contributed by atoms with Gasteiger partial charge in [-0.15, -0.1) is 24.0 Å². The molecule has 0 spiro atoms. The van der Waals surface area contributed by atoms with Gasteiger partial charge in [0.1, 0.15) is 5.82 Å². The van der Waals surface area contributed by atoms with Crippen molar-refractivity contribution in [1.82, 2.24) is 9.80 Å². The zero-order valence-corrected chi connectivity index (χ0v) is 18.2. The van der Waals surface area contributed by atoms with E-state index in [0.717, 1.165) is 43.1 Å². The summed E-state index contributed by atoms with van der Waals surface area (Å²) in [5.74, 6) is 2.84. The molecule has 0 aliphatic carbocycles. The maximum atomic E-state index is 13.8. The molecule has 1 aromatic carbocycles. The fraction of sp³-hybridized carbons (Fsp3) is 0.588. The summed E-state index contributed by atoms with van der Waals surface area (Å²) in [5, 5.41) is 0.168. The van der Waals surface area contributed by atoms with E-state index in [1.807, 2.05) is 17.8 Å². The molecule has 0 aromatic heterocycles. The Kier molecular flexibility index (Phi) is 8.10. The maximum absolute atomic E-state index is 13.8. The highest BCUT2D eigenvalue weighted by atomic mass is 127. The first-order chi connectivity index (χ1) is 11.6. The molecule has 0 amide bonds. The largest absolute Gasteiger partial charge is 0.370 e. The molecule has 0 radical (unpaired) electrons. The van der Waals surface area contributed by atoms with Gasteiger partial charge in [-0.05, 0) is 43.6 Å². The molecule has 25 heavy (non-hydrogen) atoms. The third-order valence-electron chi connectivity index (χ3n) is 4.88. The molecule has 2 atom stereocenters. The number of thioether (sulfide) groups is 1. The van der Waals surface area contributed by atoms with Crippen LogP contribution >= 0.6 is 47.3 Å². The molecule has 4 nitrogen and oxygen atoms in total. The quantitative estimate of drug-likeness (QED) is 0.394. The zero-order valence-electron chi connectivity index (χ0n) is 14.3. The van der Waals surface area contributed by atoms with E-state index in [4.69, 9.17) is 17.3 Å². The van der Waals surface area contributed by atoms with Crippen LogP contribution in [0.25, 0.3) is 0 Å². The van der Waals surface area contributed by atoms with Crippen LogP contribution in [0.4, 0.5) is 4.39 Å². The molecule has 2 aliphatic heterocycles. The Bertz CT molecular complexity index is 612. The Balaban J connectivity index is 0.00000225. The first kappa shape index (κ1) is 21.1. The van der Waals surface area contributed by atoms with Gasteiger partial charge in [-0.3, -0.25) is 9.89 Å². The molecule has 2 fully saturated rings. The topological polar surface area (TPSA) is 44.9 Å². The van der Waals surface area contributed by atoms with E-state index < -0.39 is 0 Å². The molecule has 8 heteroatoms. The van der Waals surface area contributed by atoms with Crippen molar-refractivity contribution in [3.63, 3.8) is 0 Å². The summed E-state index contributed by atoms with van der Waals surface area (Å²) in [6.07, 6.45) is 1.04. The van der Waals surface area contributed by atoms with Crippen LogP contribution in [0.2, 0.25) is 5.02 Å². The predicted octanol–water partition coefficient (Wildman–Crippen LogP) is 3.45. The van der Waals surface area contributed by atoms with Gasteiger partial charge in [0.25, 0.3) is 0 Å². The average Bonchev–Trinajstić information content (AvgIpc) is 2.96. The fourth-order valence-electron chi connectivity index (χ4n) is 3.54. The number of nitrogens with two attached hydrogens (primary N) is 1. The third kappa shape index (κ3) is 5.14. The van der Waals surface area contributed by atoms with Crippen molar-refractivity contribution in [3.8, 4) is 0 Å². The summed E-state index contributed by atoms with van der Waals surface area (Å²) in [7, 11) is 2.08. The summed E-state index contributed by atoms with van der Waals surface area (Å²) in [4.78, 5) is 9.06. The highest BCUT2D eigenvalue weighted by molar-refractivity contribution is 14.0. The molecular formula is C17H25ClFIN4S.